The summed E-state index contributed by atoms with van der Waals surface area (Å²) >= 11 is 0. The van der Waals surface area contributed by atoms with Crippen LogP contribution in [-0.4, -0.2) is 30.4 Å². The quantitative estimate of drug-likeness (QED) is 0.641. The van der Waals surface area contributed by atoms with Crippen molar-refractivity contribution in [3.63, 3.8) is 0 Å². The van der Waals surface area contributed by atoms with E-state index in [1.165, 1.54) is 32.1 Å². The Morgan fingerprint density at radius 2 is 1.67 bits per heavy atom. The third-order valence-corrected chi connectivity index (χ3v) is 4.40. The molecule has 0 aromatic heterocycles. The van der Waals surface area contributed by atoms with Crippen LogP contribution in [0.2, 0.25) is 0 Å². The van der Waals surface area contributed by atoms with Crippen LogP contribution in [0.1, 0.15) is 57.8 Å². The molecule has 104 valence electrons. The van der Waals surface area contributed by atoms with Gasteiger partial charge in [-0.1, -0.05) is 12.8 Å². The van der Waals surface area contributed by atoms with Crippen LogP contribution in [-0.2, 0) is 4.79 Å². The highest BCUT2D eigenvalue weighted by Gasteiger charge is 2.44. The van der Waals surface area contributed by atoms with Gasteiger partial charge in [-0.05, 0) is 56.9 Å². The van der Waals surface area contributed by atoms with Crippen LogP contribution < -0.4 is 5.73 Å². The predicted octanol–water partition coefficient (Wildman–Crippen LogP) is 2.54. The number of amides is 1. The Morgan fingerprint density at radius 1 is 1.11 bits per heavy atom. The molecule has 2 saturated carbocycles. The van der Waals surface area contributed by atoms with Crippen molar-refractivity contribution in [3.05, 3.63) is 0 Å². The topological polar surface area (TPSA) is 46.3 Å². The third-order valence-electron chi connectivity index (χ3n) is 4.40. The molecule has 0 bridgehead atoms. The van der Waals surface area contributed by atoms with Gasteiger partial charge in [-0.25, -0.2) is 0 Å². The number of hydrogen-bond acceptors (Lipinski definition) is 2. The second-order valence-electron chi connectivity index (χ2n) is 6.12. The Morgan fingerprint density at radius 3 is 2.17 bits per heavy atom. The smallest absolute Gasteiger partial charge is 0.222 e. The number of carbonyl (C=O) groups excluding carboxylic acids is 1. The minimum Gasteiger partial charge on any atom is -0.342 e. The molecular formula is C15H28N2O. The number of hydrogen-bond donors (Lipinski definition) is 1. The van der Waals surface area contributed by atoms with Gasteiger partial charge < -0.3 is 10.6 Å². The average Bonchev–Trinajstić information content (AvgIpc) is 3.22. The van der Waals surface area contributed by atoms with Gasteiger partial charge in [0.1, 0.15) is 0 Å². The summed E-state index contributed by atoms with van der Waals surface area (Å²) in [6.07, 6.45) is 10.5. The average molecular weight is 252 g/mol. The Hall–Kier alpha value is -0.570. The van der Waals surface area contributed by atoms with Crippen LogP contribution in [0, 0.1) is 11.8 Å². The molecule has 2 N–H and O–H groups in total. The molecule has 0 spiro atoms. The van der Waals surface area contributed by atoms with Crippen LogP contribution >= 0.6 is 0 Å². The summed E-state index contributed by atoms with van der Waals surface area (Å²) in [5.74, 6) is 2.01. The standard InChI is InChI=1S/C15H28N2O/c1-17(14(18)6-4-2-3-5-11-16)15(12-7-8-12)13-9-10-13/h12-13,15H,2-11,16H2,1H3. The molecule has 0 heterocycles. The van der Waals surface area contributed by atoms with Crippen molar-refractivity contribution in [2.45, 2.75) is 63.8 Å². The van der Waals surface area contributed by atoms with Gasteiger partial charge in [0.05, 0.1) is 0 Å². The first-order chi connectivity index (χ1) is 8.74. The van der Waals surface area contributed by atoms with Crippen molar-refractivity contribution in [2.24, 2.45) is 17.6 Å². The summed E-state index contributed by atoms with van der Waals surface area (Å²) < 4.78 is 0. The molecular weight excluding hydrogens is 224 g/mol. The number of nitrogens with two attached hydrogens (primary N) is 1. The molecule has 1 amide bonds. The highest BCUT2D eigenvalue weighted by atomic mass is 16.2. The van der Waals surface area contributed by atoms with Gasteiger partial charge in [-0.2, -0.15) is 0 Å². The van der Waals surface area contributed by atoms with E-state index in [1.807, 2.05) is 7.05 Å². The first kappa shape index (κ1) is 13.9. The van der Waals surface area contributed by atoms with Crippen LogP contribution in [0.15, 0.2) is 0 Å². The van der Waals surface area contributed by atoms with Gasteiger partial charge in [0, 0.05) is 19.5 Å². The van der Waals surface area contributed by atoms with Crippen LogP contribution in [0.4, 0.5) is 0 Å². The molecule has 2 fully saturated rings. The second-order valence-corrected chi connectivity index (χ2v) is 6.12. The summed E-state index contributed by atoms with van der Waals surface area (Å²) in [5, 5.41) is 0. The summed E-state index contributed by atoms with van der Waals surface area (Å²) in [5.41, 5.74) is 5.46. The zero-order valence-electron chi connectivity index (χ0n) is 11.7. The van der Waals surface area contributed by atoms with E-state index >= 15 is 0 Å². The fourth-order valence-corrected chi connectivity index (χ4v) is 3.01. The minimum absolute atomic E-state index is 0.367. The first-order valence-corrected chi connectivity index (χ1v) is 7.69. The lowest BCUT2D eigenvalue weighted by molar-refractivity contribution is -0.133. The maximum atomic E-state index is 12.2. The first-order valence-electron chi connectivity index (χ1n) is 7.69. The molecule has 0 saturated heterocycles. The van der Waals surface area contributed by atoms with E-state index in [4.69, 9.17) is 5.73 Å². The van der Waals surface area contributed by atoms with E-state index in [2.05, 4.69) is 4.90 Å². The molecule has 18 heavy (non-hydrogen) atoms. The normalized spacial score (nSPS) is 19.3. The number of rotatable bonds is 9. The maximum Gasteiger partial charge on any atom is 0.222 e. The summed E-state index contributed by atoms with van der Waals surface area (Å²) in [4.78, 5) is 14.3. The predicted molar refractivity (Wildman–Crippen MR) is 74.1 cm³/mol. The van der Waals surface area contributed by atoms with Crippen molar-refractivity contribution in [1.29, 1.82) is 0 Å². The Balaban J connectivity index is 1.66. The molecule has 2 aliphatic carbocycles. The van der Waals surface area contributed by atoms with E-state index < -0.39 is 0 Å². The van der Waals surface area contributed by atoms with Crippen molar-refractivity contribution >= 4 is 5.91 Å². The van der Waals surface area contributed by atoms with Gasteiger partial charge >= 0.3 is 0 Å². The zero-order valence-corrected chi connectivity index (χ0v) is 11.7. The SMILES string of the molecule is CN(C(=O)CCCCCCN)C(C1CC1)C1CC1. The zero-order chi connectivity index (χ0) is 13.0. The van der Waals surface area contributed by atoms with Crippen molar-refractivity contribution < 1.29 is 4.79 Å². The van der Waals surface area contributed by atoms with E-state index in [0.717, 1.165) is 44.1 Å². The third kappa shape index (κ3) is 3.98. The lowest BCUT2D eigenvalue weighted by Gasteiger charge is -2.28. The van der Waals surface area contributed by atoms with Crippen molar-refractivity contribution in [1.82, 2.24) is 4.90 Å². The van der Waals surface area contributed by atoms with Gasteiger partial charge in [0.25, 0.3) is 0 Å². The van der Waals surface area contributed by atoms with Crippen LogP contribution in [0.5, 0.6) is 0 Å². The lowest BCUT2D eigenvalue weighted by Crippen LogP contribution is -2.39. The van der Waals surface area contributed by atoms with Gasteiger partial charge in [0.15, 0.2) is 0 Å². The summed E-state index contributed by atoms with van der Waals surface area (Å²) in [7, 11) is 2.03. The lowest BCUT2D eigenvalue weighted by atomic mass is 10.0. The number of nitrogens with zero attached hydrogens (tertiary/aromatic N) is 1. The van der Waals surface area contributed by atoms with Gasteiger partial charge in [0.2, 0.25) is 5.91 Å². The molecule has 2 aliphatic rings. The minimum atomic E-state index is 0.367. The molecule has 3 heteroatoms. The Kier molecular flexibility index (Phi) is 5.04. The van der Waals surface area contributed by atoms with E-state index in [1.54, 1.807) is 0 Å². The fourth-order valence-electron chi connectivity index (χ4n) is 3.01. The molecule has 3 nitrogen and oxygen atoms in total. The monoisotopic (exact) mass is 252 g/mol. The Labute approximate surface area is 111 Å². The van der Waals surface area contributed by atoms with E-state index in [-0.39, 0.29) is 0 Å². The number of carbonyl (C=O) groups is 1. The maximum absolute atomic E-state index is 12.2. The van der Waals surface area contributed by atoms with Crippen molar-refractivity contribution in [3.8, 4) is 0 Å². The van der Waals surface area contributed by atoms with Gasteiger partial charge in [-0.15, -0.1) is 0 Å². The summed E-state index contributed by atoms with van der Waals surface area (Å²) in [6.45, 7) is 0.777. The van der Waals surface area contributed by atoms with Crippen LogP contribution in [0.3, 0.4) is 0 Å². The molecule has 0 unspecified atom stereocenters. The molecule has 0 radical (unpaired) electrons. The fraction of sp³-hybridized carbons (Fsp3) is 0.933. The summed E-state index contributed by atoms with van der Waals surface area (Å²) in [6, 6.07) is 0.571. The highest BCUT2D eigenvalue weighted by molar-refractivity contribution is 5.76. The second kappa shape index (κ2) is 6.55. The molecule has 0 aliphatic heterocycles. The van der Waals surface area contributed by atoms with Crippen LogP contribution in [0.25, 0.3) is 0 Å². The van der Waals surface area contributed by atoms with Gasteiger partial charge in [-0.3, -0.25) is 4.79 Å². The van der Waals surface area contributed by atoms with Crippen molar-refractivity contribution in [2.75, 3.05) is 13.6 Å². The number of unbranched alkanes of at least 4 members (excludes halogenated alkanes) is 3. The van der Waals surface area contributed by atoms with E-state index in [0.29, 0.717) is 11.9 Å². The Bertz CT molecular complexity index is 260. The molecule has 0 aromatic carbocycles. The van der Waals surface area contributed by atoms with E-state index in [9.17, 15) is 4.79 Å². The highest BCUT2D eigenvalue weighted by Crippen LogP contribution is 2.46. The molecule has 2 rings (SSSR count). The largest absolute Gasteiger partial charge is 0.342 e. The molecule has 0 aromatic rings. The molecule has 0 atom stereocenters.